The first-order chi connectivity index (χ1) is 9.02. The molecule has 0 amide bonds. The molecule has 0 fully saturated rings. The summed E-state index contributed by atoms with van der Waals surface area (Å²) in [6.45, 7) is 3.87. The minimum Gasteiger partial charge on any atom is -0.496 e. The molecule has 0 heterocycles. The van der Waals surface area contributed by atoms with Gasteiger partial charge < -0.3 is 10.5 Å². The molecule has 0 aliphatic heterocycles. The van der Waals surface area contributed by atoms with Crippen LogP contribution < -0.4 is 10.5 Å². The quantitative estimate of drug-likeness (QED) is 0.677. The van der Waals surface area contributed by atoms with Gasteiger partial charge in [0.25, 0.3) is 0 Å². The molecule has 0 atom stereocenters. The van der Waals surface area contributed by atoms with Gasteiger partial charge in [0.1, 0.15) is 5.75 Å². The number of aryl methyl sites for hydroxylation is 2. The molecule has 0 aliphatic rings. The van der Waals surface area contributed by atoms with E-state index in [2.05, 4.69) is 0 Å². The first-order valence-corrected chi connectivity index (χ1v) is 6.08. The second-order valence-corrected chi connectivity index (χ2v) is 4.62. The molecule has 98 valence electrons. The molecular weight excluding hydrogens is 238 g/mol. The van der Waals surface area contributed by atoms with Gasteiger partial charge >= 0.3 is 0 Å². The number of hydrogen-bond acceptors (Lipinski definition) is 3. The number of nitrogens with two attached hydrogens (primary N) is 1. The van der Waals surface area contributed by atoms with Crippen molar-refractivity contribution in [1.82, 2.24) is 0 Å². The molecule has 2 rings (SSSR count). The highest BCUT2D eigenvalue weighted by Gasteiger charge is 2.17. The van der Waals surface area contributed by atoms with Crippen LogP contribution in [0.15, 0.2) is 36.4 Å². The minimum atomic E-state index is -0.109. The Morgan fingerprint density at radius 2 is 1.58 bits per heavy atom. The molecule has 3 nitrogen and oxygen atoms in total. The fraction of sp³-hybridized carbons (Fsp3) is 0.188. The summed E-state index contributed by atoms with van der Waals surface area (Å²) in [5, 5.41) is 0. The first kappa shape index (κ1) is 13.1. The zero-order valence-electron chi connectivity index (χ0n) is 11.4. The van der Waals surface area contributed by atoms with Crippen molar-refractivity contribution in [2.75, 3.05) is 12.8 Å². The van der Waals surface area contributed by atoms with Crippen molar-refractivity contribution >= 4 is 11.5 Å². The molecule has 2 aromatic rings. The smallest absolute Gasteiger partial charge is 0.198 e. The van der Waals surface area contributed by atoms with Gasteiger partial charge in [-0.2, -0.15) is 0 Å². The van der Waals surface area contributed by atoms with E-state index < -0.39 is 0 Å². The third-order valence-electron chi connectivity index (χ3n) is 3.05. The number of rotatable bonds is 3. The SMILES string of the molecule is COc1ccc(C)cc1C(=O)c1cc(C)ccc1N. The Bertz CT molecular complexity index is 633. The van der Waals surface area contributed by atoms with E-state index in [1.165, 1.54) is 0 Å². The molecule has 3 heteroatoms. The highest BCUT2D eigenvalue weighted by atomic mass is 16.5. The van der Waals surface area contributed by atoms with Crippen LogP contribution in [0.2, 0.25) is 0 Å². The van der Waals surface area contributed by atoms with E-state index in [0.717, 1.165) is 11.1 Å². The van der Waals surface area contributed by atoms with E-state index in [0.29, 0.717) is 22.6 Å². The van der Waals surface area contributed by atoms with Crippen molar-refractivity contribution in [2.24, 2.45) is 0 Å². The largest absolute Gasteiger partial charge is 0.496 e. The molecule has 0 bridgehead atoms. The zero-order valence-corrected chi connectivity index (χ0v) is 11.4. The highest BCUT2D eigenvalue weighted by Crippen LogP contribution is 2.25. The van der Waals surface area contributed by atoms with Gasteiger partial charge in [-0.25, -0.2) is 0 Å². The third kappa shape index (κ3) is 2.60. The maximum absolute atomic E-state index is 12.6. The lowest BCUT2D eigenvalue weighted by molar-refractivity contribution is 0.103. The van der Waals surface area contributed by atoms with Gasteiger partial charge in [-0.05, 0) is 38.1 Å². The van der Waals surface area contributed by atoms with Gasteiger partial charge in [-0.1, -0.05) is 23.3 Å². The van der Waals surface area contributed by atoms with E-state index in [9.17, 15) is 4.79 Å². The zero-order chi connectivity index (χ0) is 14.0. The maximum atomic E-state index is 12.6. The minimum absolute atomic E-state index is 0.109. The standard InChI is InChI=1S/C16H17NO2/c1-10-4-6-14(17)12(8-10)16(18)13-9-11(2)5-7-15(13)19-3/h4-9H,17H2,1-3H3. The lowest BCUT2D eigenvalue weighted by Gasteiger charge is -2.10. The average Bonchev–Trinajstić information content (AvgIpc) is 2.40. The Morgan fingerprint density at radius 3 is 2.21 bits per heavy atom. The van der Waals surface area contributed by atoms with Gasteiger partial charge in [-0.3, -0.25) is 4.79 Å². The Balaban J connectivity index is 2.55. The van der Waals surface area contributed by atoms with E-state index in [4.69, 9.17) is 10.5 Å². The van der Waals surface area contributed by atoms with E-state index >= 15 is 0 Å². The summed E-state index contributed by atoms with van der Waals surface area (Å²) in [5.41, 5.74) is 9.45. The summed E-state index contributed by atoms with van der Waals surface area (Å²) in [4.78, 5) is 12.6. The van der Waals surface area contributed by atoms with Crippen molar-refractivity contribution in [3.05, 3.63) is 58.7 Å². The number of carbonyl (C=O) groups is 1. The summed E-state index contributed by atoms with van der Waals surface area (Å²) in [6.07, 6.45) is 0. The van der Waals surface area contributed by atoms with E-state index in [-0.39, 0.29) is 5.78 Å². The number of carbonyl (C=O) groups excluding carboxylic acids is 1. The van der Waals surface area contributed by atoms with E-state index in [1.807, 2.05) is 32.0 Å². The summed E-state index contributed by atoms with van der Waals surface area (Å²) >= 11 is 0. The maximum Gasteiger partial charge on any atom is 0.198 e. The summed E-state index contributed by atoms with van der Waals surface area (Å²) in [7, 11) is 1.56. The second kappa shape index (κ2) is 5.14. The number of methoxy groups -OCH3 is 1. The number of ketones is 1. The molecule has 0 spiro atoms. The fourth-order valence-corrected chi connectivity index (χ4v) is 2.01. The predicted octanol–water partition coefficient (Wildman–Crippen LogP) is 3.13. The normalized spacial score (nSPS) is 10.3. The van der Waals surface area contributed by atoms with Crippen LogP contribution in [0.5, 0.6) is 5.75 Å². The molecule has 2 N–H and O–H groups in total. The molecular formula is C16H17NO2. The number of anilines is 1. The van der Waals surface area contributed by atoms with Crippen molar-refractivity contribution in [3.8, 4) is 5.75 Å². The fourth-order valence-electron chi connectivity index (χ4n) is 2.01. The number of ether oxygens (including phenoxy) is 1. The van der Waals surface area contributed by atoms with Crippen molar-refractivity contribution in [2.45, 2.75) is 13.8 Å². The molecule has 0 aromatic heterocycles. The summed E-state index contributed by atoms with van der Waals surface area (Å²) < 4.78 is 5.25. The van der Waals surface area contributed by atoms with Crippen LogP contribution in [0.3, 0.4) is 0 Å². The third-order valence-corrected chi connectivity index (χ3v) is 3.05. The van der Waals surface area contributed by atoms with Crippen LogP contribution in [-0.4, -0.2) is 12.9 Å². The lowest BCUT2D eigenvalue weighted by Crippen LogP contribution is -2.08. The van der Waals surface area contributed by atoms with Crippen molar-refractivity contribution < 1.29 is 9.53 Å². The van der Waals surface area contributed by atoms with Crippen LogP contribution >= 0.6 is 0 Å². The van der Waals surface area contributed by atoms with Gasteiger partial charge in [-0.15, -0.1) is 0 Å². The van der Waals surface area contributed by atoms with Gasteiger partial charge in [0, 0.05) is 11.3 Å². The number of hydrogen-bond donors (Lipinski definition) is 1. The van der Waals surface area contributed by atoms with Gasteiger partial charge in [0.05, 0.1) is 12.7 Å². The Morgan fingerprint density at radius 1 is 1.00 bits per heavy atom. The molecule has 0 unspecified atom stereocenters. The number of nitrogen functional groups attached to an aromatic ring is 1. The Labute approximate surface area is 113 Å². The van der Waals surface area contributed by atoms with Crippen molar-refractivity contribution in [1.29, 1.82) is 0 Å². The Kier molecular flexibility index (Phi) is 3.56. The molecule has 0 aliphatic carbocycles. The van der Waals surface area contributed by atoms with Crippen LogP contribution in [0, 0.1) is 13.8 Å². The highest BCUT2D eigenvalue weighted by molar-refractivity contribution is 6.13. The van der Waals surface area contributed by atoms with Crippen LogP contribution in [-0.2, 0) is 0 Å². The van der Waals surface area contributed by atoms with Gasteiger partial charge in [0.15, 0.2) is 5.78 Å². The van der Waals surface area contributed by atoms with Crippen LogP contribution in [0.1, 0.15) is 27.0 Å². The summed E-state index contributed by atoms with van der Waals surface area (Å²) in [6, 6.07) is 11.0. The average molecular weight is 255 g/mol. The molecule has 0 saturated heterocycles. The Hall–Kier alpha value is -2.29. The van der Waals surface area contributed by atoms with Gasteiger partial charge in [0.2, 0.25) is 0 Å². The topological polar surface area (TPSA) is 52.3 Å². The summed E-state index contributed by atoms with van der Waals surface area (Å²) in [5.74, 6) is 0.457. The second-order valence-electron chi connectivity index (χ2n) is 4.62. The first-order valence-electron chi connectivity index (χ1n) is 6.08. The predicted molar refractivity (Wildman–Crippen MR) is 76.8 cm³/mol. The lowest BCUT2D eigenvalue weighted by atomic mass is 9.98. The van der Waals surface area contributed by atoms with Crippen molar-refractivity contribution in [3.63, 3.8) is 0 Å². The molecule has 19 heavy (non-hydrogen) atoms. The van der Waals surface area contributed by atoms with Crippen LogP contribution in [0.4, 0.5) is 5.69 Å². The molecule has 0 saturated carbocycles. The number of benzene rings is 2. The molecule has 0 radical (unpaired) electrons. The van der Waals surface area contributed by atoms with E-state index in [1.54, 1.807) is 25.3 Å². The van der Waals surface area contributed by atoms with Crippen LogP contribution in [0.25, 0.3) is 0 Å². The molecule has 2 aromatic carbocycles. The monoisotopic (exact) mass is 255 g/mol.